The van der Waals surface area contributed by atoms with Gasteiger partial charge in [0.05, 0.1) is 6.04 Å². The van der Waals surface area contributed by atoms with Crippen molar-refractivity contribution in [2.45, 2.75) is 26.3 Å². The second-order valence-electron chi connectivity index (χ2n) is 3.61. The molecule has 0 aliphatic rings. The van der Waals surface area contributed by atoms with Gasteiger partial charge in [-0.15, -0.1) is 6.58 Å². The molecular weight excluding hydrogens is 174 g/mol. The van der Waals surface area contributed by atoms with Crippen LogP contribution in [0.5, 0.6) is 0 Å². The molecule has 0 amide bonds. The number of aryl methyl sites for hydroxylation is 1. The Hall–Kier alpha value is -1.19. The van der Waals surface area contributed by atoms with Crippen LogP contribution in [0.2, 0.25) is 0 Å². The summed E-state index contributed by atoms with van der Waals surface area (Å²) in [6.07, 6.45) is 4.48. The molecule has 0 saturated carbocycles. The van der Waals surface area contributed by atoms with Gasteiger partial charge in [0.2, 0.25) is 0 Å². The lowest BCUT2D eigenvalue weighted by molar-refractivity contribution is 0.547. The first-order valence-corrected chi connectivity index (χ1v) is 4.66. The Kier molecular flexibility index (Phi) is 3.80. The van der Waals surface area contributed by atoms with E-state index < -0.39 is 0 Å². The molecule has 3 N–H and O–H groups in total. The molecule has 0 aliphatic carbocycles. The highest BCUT2D eigenvalue weighted by Gasteiger charge is 2.11. The molecule has 14 heavy (non-hydrogen) atoms. The van der Waals surface area contributed by atoms with Crippen LogP contribution in [0, 0.1) is 6.92 Å². The SMILES string of the molecule is C=C(C)CC(NN)c1ccncc1C. The Morgan fingerprint density at radius 1 is 1.71 bits per heavy atom. The molecule has 0 radical (unpaired) electrons. The highest BCUT2D eigenvalue weighted by atomic mass is 15.2. The van der Waals surface area contributed by atoms with Gasteiger partial charge in [-0.1, -0.05) is 5.57 Å². The number of hydrogen-bond acceptors (Lipinski definition) is 3. The fourth-order valence-electron chi connectivity index (χ4n) is 1.48. The average molecular weight is 191 g/mol. The number of rotatable bonds is 4. The van der Waals surface area contributed by atoms with E-state index in [2.05, 4.69) is 17.0 Å². The summed E-state index contributed by atoms with van der Waals surface area (Å²) in [4.78, 5) is 4.05. The zero-order valence-electron chi connectivity index (χ0n) is 8.75. The molecule has 0 bridgehead atoms. The molecule has 1 heterocycles. The monoisotopic (exact) mass is 191 g/mol. The molecule has 3 nitrogen and oxygen atoms in total. The molecule has 0 aromatic carbocycles. The van der Waals surface area contributed by atoms with E-state index in [1.807, 2.05) is 26.1 Å². The number of hydrogen-bond donors (Lipinski definition) is 2. The van der Waals surface area contributed by atoms with Gasteiger partial charge in [-0.25, -0.2) is 0 Å². The molecule has 76 valence electrons. The zero-order valence-corrected chi connectivity index (χ0v) is 8.75. The number of nitrogens with one attached hydrogen (secondary N) is 1. The van der Waals surface area contributed by atoms with Gasteiger partial charge >= 0.3 is 0 Å². The highest BCUT2D eigenvalue weighted by Crippen LogP contribution is 2.21. The standard InChI is InChI=1S/C11H17N3/c1-8(2)6-11(14-12)10-4-5-13-7-9(10)3/h4-5,7,11,14H,1,6,12H2,2-3H3. The lowest BCUT2D eigenvalue weighted by Gasteiger charge is -2.17. The van der Waals surface area contributed by atoms with Crippen LogP contribution < -0.4 is 11.3 Å². The second kappa shape index (κ2) is 4.88. The van der Waals surface area contributed by atoms with Gasteiger partial charge in [0, 0.05) is 12.4 Å². The fraction of sp³-hybridized carbons (Fsp3) is 0.364. The first kappa shape index (κ1) is 10.9. The molecule has 0 spiro atoms. The van der Waals surface area contributed by atoms with Crippen molar-refractivity contribution in [3.05, 3.63) is 41.7 Å². The van der Waals surface area contributed by atoms with E-state index in [4.69, 9.17) is 5.84 Å². The van der Waals surface area contributed by atoms with E-state index in [0.29, 0.717) is 0 Å². The van der Waals surface area contributed by atoms with Crippen LogP contribution in [-0.4, -0.2) is 4.98 Å². The molecule has 1 aromatic heterocycles. The van der Waals surface area contributed by atoms with Crippen molar-refractivity contribution in [1.82, 2.24) is 10.4 Å². The van der Waals surface area contributed by atoms with Gasteiger partial charge in [-0.2, -0.15) is 0 Å². The Morgan fingerprint density at radius 3 is 2.93 bits per heavy atom. The third-order valence-electron chi connectivity index (χ3n) is 2.19. The van der Waals surface area contributed by atoms with Crippen LogP contribution in [-0.2, 0) is 0 Å². The van der Waals surface area contributed by atoms with E-state index in [0.717, 1.165) is 17.6 Å². The van der Waals surface area contributed by atoms with Crippen LogP contribution in [0.4, 0.5) is 0 Å². The number of aromatic nitrogens is 1. The second-order valence-corrected chi connectivity index (χ2v) is 3.61. The Balaban J connectivity index is 2.89. The normalized spacial score (nSPS) is 12.5. The van der Waals surface area contributed by atoms with Crippen LogP contribution in [0.15, 0.2) is 30.6 Å². The fourth-order valence-corrected chi connectivity index (χ4v) is 1.48. The third-order valence-corrected chi connectivity index (χ3v) is 2.19. The molecule has 1 unspecified atom stereocenters. The molecule has 0 aliphatic heterocycles. The third kappa shape index (κ3) is 2.65. The number of nitrogens with zero attached hydrogens (tertiary/aromatic N) is 1. The Morgan fingerprint density at radius 2 is 2.43 bits per heavy atom. The van der Waals surface area contributed by atoms with Crippen molar-refractivity contribution in [2.75, 3.05) is 0 Å². The maximum Gasteiger partial charge on any atom is 0.0500 e. The maximum atomic E-state index is 5.51. The Bertz CT molecular complexity index is 320. The van der Waals surface area contributed by atoms with Gasteiger partial charge < -0.3 is 0 Å². The first-order valence-electron chi connectivity index (χ1n) is 4.66. The summed E-state index contributed by atoms with van der Waals surface area (Å²) in [5.41, 5.74) is 6.25. The predicted octanol–water partition coefficient (Wildman–Crippen LogP) is 1.86. The van der Waals surface area contributed by atoms with Crippen LogP contribution in [0.1, 0.15) is 30.5 Å². The number of nitrogens with two attached hydrogens (primary N) is 1. The minimum atomic E-state index is 0.135. The molecule has 1 aromatic rings. The summed E-state index contributed by atoms with van der Waals surface area (Å²) in [7, 11) is 0. The molecule has 0 saturated heterocycles. The van der Waals surface area contributed by atoms with Crippen molar-refractivity contribution < 1.29 is 0 Å². The minimum Gasteiger partial charge on any atom is -0.271 e. The molecule has 1 rings (SSSR count). The van der Waals surface area contributed by atoms with Gasteiger partial charge in [-0.05, 0) is 37.5 Å². The quantitative estimate of drug-likeness (QED) is 0.434. The minimum absolute atomic E-state index is 0.135. The summed E-state index contributed by atoms with van der Waals surface area (Å²) >= 11 is 0. The van der Waals surface area contributed by atoms with Crippen LogP contribution in [0.25, 0.3) is 0 Å². The zero-order chi connectivity index (χ0) is 10.6. The van der Waals surface area contributed by atoms with Gasteiger partial charge in [-0.3, -0.25) is 16.3 Å². The topological polar surface area (TPSA) is 50.9 Å². The molecular formula is C11H17N3. The molecule has 0 fully saturated rings. The molecule has 3 heteroatoms. The highest BCUT2D eigenvalue weighted by molar-refractivity contribution is 5.26. The lowest BCUT2D eigenvalue weighted by Crippen LogP contribution is -2.28. The van der Waals surface area contributed by atoms with E-state index in [9.17, 15) is 0 Å². The van der Waals surface area contributed by atoms with Crippen molar-refractivity contribution in [2.24, 2.45) is 5.84 Å². The van der Waals surface area contributed by atoms with Crippen LogP contribution >= 0.6 is 0 Å². The molecule has 1 atom stereocenters. The lowest BCUT2D eigenvalue weighted by atomic mass is 9.98. The summed E-state index contributed by atoms with van der Waals surface area (Å²) in [5.74, 6) is 5.51. The average Bonchev–Trinajstić information content (AvgIpc) is 2.15. The van der Waals surface area contributed by atoms with E-state index in [1.165, 1.54) is 5.56 Å². The van der Waals surface area contributed by atoms with Gasteiger partial charge in [0.25, 0.3) is 0 Å². The predicted molar refractivity (Wildman–Crippen MR) is 58.5 cm³/mol. The van der Waals surface area contributed by atoms with Gasteiger partial charge in [0.15, 0.2) is 0 Å². The number of hydrazine groups is 1. The maximum absolute atomic E-state index is 5.51. The van der Waals surface area contributed by atoms with E-state index >= 15 is 0 Å². The number of pyridine rings is 1. The van der Waals surface area contributed by atoms with Crippen molar-refractivity contribution >= 4 is 0 Å². The van der Waals surface area contributed by atoms with E-state index in [-0.39, 0.29) is 6.04 Å². The van der Waals surface area contributed by atoms with Crippen molar-refractivity contribution in [3.63, 3.8) is 0 Å². The largest absolute Gasteiger partial charge is 0.271 e. The Labute approximate surface area is 85.0 Å². The summed E-state index contributed by atoms with van der Waals surface area (Å²) in [5, 5.41) is 0. The smallest absolute Gasteiger partial charge is 0.0500 e. The van der Waals surface area contributed by atoms with Crippen LogP contribution in [0.3, 0.4) is 0 Å². The van der Waals surface area contributed by atoms with Crippen molar-refractivity contribution in [1.29, 1.82) is 0 Å². The van der Waals surface area contributed by atoms with Crippen molar-refractivity contribution in [3.8, 4) is 0 Å². The first-order chi connectivity index (χ1) is 6.65. The van der Waals surface area contributed by atoms with Gasteiger partial charge in [0.1, 0.15) is 0 Å². The summed E-state index contributed by atoms with van der Waals surface area (Å²) < 4.78 is 0. The summed E-state index contributed by atoms with van der Waals surface area (Å²) in [6.45, 7) is 7.92. The van der Waals surface area contributed by atoms with E-state index in [1.54, 1.807) is 6.20 Å². The summed E-state index contributed by atoms with van der Waals surface area (Å²) in [6, 6.07) is 2.12.